The number of nitrogens with zero attached hydrogens (tertiary/aromatic N) is 2. The highest BCUT2D eigenvalue weighted by molar-refractivity contribution is 5.86. The number of likely N-dealkylation sites (N-methyl/N-ethyl adjacent to an activating group) is 1. The summed E-state index contributed by atoms with van der Waals surface area (Å²) in [5, 5.41) is 8.70. The van der Waals surface area contributed by atoms with Crippen LogP contribution in [0.1, 0.15) is 13.8 Å². The Kier molecular flexibility index (Phi) is 6.48. The van der Waals surface area contributed by atoms with Crippen LogP contribution in [0, 0.1) is 0 Å². The van der Waals surface area contributed by atoms with E-state index in [0.717, 1.165) is 10.5 Å². The zero-order chi connectivity index (χ0) is 14.3. The lowest BCUT2D eigenvalue weighted by atomic mass is 10.3. The van der Waals surface area contributed by atoms with Crippen molar-refractivity contribution >= 4 is 17.9 Å². The number of carboxylic acid groups (broad SMARTS) is 1. The Morgan fingerprint density at radius 1 is 1.17 bits per heavy atom. The van der Waals surface area contributed by atoms with Gasteiger partial charge in [0.05, 0.1) is 0 Å². The SMILES string of the molecule is C=C(C)CN(CC)C(=O)N(CC(N)=O)CC(=O)O. The lowest BCUT2D eigenvalue weighted by molar-refractivity contribution is -0.138. The smallest absolute Gasteiger partial charge is 0.323 e. The standard InChI is InChI=1S/C11H19N3O4/c1-4-13(5-8(2)3)11(18)14(6-9(12)15)7-10(16)17/h2,4-7H2,1,3H3,(H2,12,15)(H,16,17). The highest BCUT2D eigenvalue weighted by atomic mass is 16.4. The summed E-state index contributed by atoms with van der Waals surface area (Å²) in [5.41, 5.74) is 5.75. The van der Waals surface area contributed by atoms with Crippen LogP contribution in [0.2, 0.25) is 0 Å². The zero-order valence-corrected chi connectivity index (χ0v) is 10.7. The van der Waals surface area contributed by atoms with Gasteiger partial charge < -0.3 is 20.6 Å². The van der Waals surface area contributed by atoms with Crippen molar-refractivity contribution in [3.63, 3.8) is 0 Å². The summed E-state index contributed by atoms with van der Waals surface area (Å²) in [6, 6.07) is -0.540. The van der Waals surface area contributed by atoms with Gasteiger partial charge in [0.15, 0.2) is 0 Å². The van der Waals surface area contributed by atoms with E-state index in [-0.39, 0.29) is 0 Å². The second-order valence-corrected chi connectivity index (χ2v) is 3.97. The third-order valence-corrected chi connectivity index (χ3v) is 2.06. The molecule has 0 aliphatic rings. The molecule has 0 aliphatic carbocycles. The van der Waals surface area contributed by atoms with Gasteiger partial charge in [0.1, 0.15) is 13.1 Å². The number of amides is 3. The van der Waals surface area contributed by atoms with E-state index in [1.54, 1.807) is 13.8 Å². The number of hydrogen-bond acceptors (Lipinski definition) is 3. The first-order valence-corrected chi connectivity index (χ1v) is 5.46. The van der Waals surface area contributed by atoms with E-state index < -0.39 is 31.0 Å². The van der Waals surface area contributed by atoms with Gasteiger partial charge in [-0.25, -0.2) is 4.79 Å². The van der Waals surface area contributed by atoms with Gasteiger partial charge in [-0.05, 0) is 13.8 Å². The number of carbonyl (C=O) groups excluding carboxylic acids is 2. The first-order valence-electron chi connectivity index (χ1n) is 5.46. The molecule has 7 heteroatoms. The Labute approximate surface area is 106 Å². The van der Waals surface area contributed by atoms with Crippen LogP contribution in [-0.2, 0) is 9.59 Å². The topological polar surface area (TPSA) is 104 Å². The number of hydrogen-bond donors (Lipinski definition) is 2. The lowest BCUT2D eigenvalue weighted by Crippen LogP contribution is -2.48. The number of urea groups is 1. The van der Waals surface area contributed by atoms with Crippen molar-refractivity contribution in [1.82, 2.24) is 9.80 Å². The van der Waals surface area contributed by atoms with Crippen molar-refractivity contribution in [2.75, 3.05) is 26.2 Å². The van der Waals surface area contributed by atoms with E-state index in [1.165, 1.54) is 4.90 Å². The molecule has 0 radical (unpaired) electrons. The Morgan fingerprint density at radius 2 is 1.72 bits per heavy atom. The fourth-order valence-electron chi connectivity index (χ4n) is 1.38. The number of carboxylic acids is 1. The van der Waals surface area contributed by atoms with Gasteiger partial charge in [-0.3, -0.25) is 9.59 Å². The molecule has 102 valence electrons. The predicted molar refractivity (Wildman–Crippen MR) is 65.9 cm³/mol. The molecular formula is C11H19N3O4. The Hall–Kier alpha value is -2.05. The van der Waals surface area contributed by atoms with Crippen LogP contribution in [-0.4, -0.2) is 59.0 Å². The second-order valence-electron chi connectivity index (χ2n) is 3.97. The summed E-state index contributed by atoms with van der Waals surface area (Å²) < 4.78 is 0. The molecule has 0 aromatic carbocycles. The van der Waals surface area contributed by atoms with Gasteiger partial charge in [0.25, 0.3) is 0 Å². The monoisotopic (exact) mass is 257 g/mol. The molecule has 18 heavy (non-hydrogen) atoms. The summed E-state index contributed by atoms with van der Waals surface area (Å²) in [4.78, 5) is 35.8. The van der Waals surface area contributed by atoms with Gasteiger partial charge in [0, 0.05) is 13.1 Å². The quantitative estimate of drug-likeness (QED) is 0.620. The van der Waals surface area contributed by atoms with Crippen molar-refractivity contribution in [2.24, 2.45) is 5.73 Å². The van der Waals surface area contributed by atoms with E-state index in [1.807, 2.05) is 0 Å². The summed E-state index contributed by atoms with van der Waals surface area (Å²) >= 11 is 0. The molecule has 0 fully saturated rings. The number of carbonyl (C=O) groups is 3. The average molecular weight is 257 g/mol. The van der Waals surface area contributed by atoms with E-state index >= 15 is 0 Å². The predicted octanol–water partition coefficient (Wildman–Crippen LogP) is -0.124. The molecule has 0 saturated heterocycles. The van der Waals surface area contributed by atoms with Crippen molar-refractivity contribution < 1.29 is 19.5 Å². The van der Waals surface area contributed by atoms with Crippen LogP contribution < -0.4 is 5.73 Å². The normalized spacial score (nSPS) is 9.67. The van der Waals surface area contributed by atoms with Crippen LogP contribution in [0.15, 0.2) is 12.2 Å². The minimum atomic E-state index is -1.20. The van der Waals surface area contributed by atoms with Gasteiger partial charge in [-0.1, -0.05) is 12.2 Å². The minimum Gasteiger partial charge on any atom is -0.480 e. The molecule has 7 nitrogen and oxygen atoms in total. The maximum absolute atomic E-state index is 12.0. The molecule has 0 atom stereocenters. The minimum absolute atomic E-state index is 0.310. The van der Waals surface area contributed by atoms with E-state index in [9.17, 15) is 14.4 Å². The molecule has 0 aromatic heterocycles. The summed E-state index contributed by atoms with van der Waals surface area (Å²) in [6.45, 7) is 6.91. The molecule has 0 saturated carbocycles. The molecule has 0 aliphatic heterocycles. The van der Waals surface area contributed by atoms with Crippen molar-refractivity contribution in [1.29, 1.82) is 0 Å². The molecule has 0 heterocycles. The highest BCUT2D eigenvalue weighted by Crippen LogP contribution is 2.02. The fourth-order valence-corrected chi connectivity index (χ4v) is 1.38. The van der Waals surface area contributed by atoms with E-state index in [0.29, 0.717) is 13.1 Å². The molecule has 3 N–H and O–H groups in total. The van der Waals surface area contributed by atoms with Gasteiger partial charge in [-0.15, -0.1) is 0 Å². The lowest BCUT2D eigenvalue weighted by Gasteiger charge is -2.28. The molecule has 0 rings (SSSR count). The molecule has 3 amide bonds. The molecule has 0 unspecified atom stereocenters. The van der Waals surface area contributed by atoms with E-state index in [4.69, 9.17) is 10.8 Å². The summed E-state index contributed by atoms with van der Waals surface area (Å²) in [6.07, 6.45) is 0. The molecule has 0 spiro atoms. The molecular weight excluding hydrogens is 238 g/mol. The fraction of sp³-hybridized carbons (Fsp3) is 0.545. The maximum Gasteiger partial charge on any atom is 0.323 e. The number of nitrogens with two attached hydrogens (primary N) is 1. The third-order valence-electron chi connectivity index (χ3n) is 2.06. The number of rotatable bonds is 7. The van der Waals surface area contributed by atoms with Crippen LogP contribution in [0.4, 0.5) is 4.79 Å². The van der Waals surface area contributed by atoms with Crippen molar-refractivity contribution in [3.05, 3.63) is 12.2 Å². The number of primary amides is 1. The second kappa shape index (κ2) is 7.31. The van der Waals surface area contributed by atoms with Gasteiger partial charge in [-0.2, -0.15) is 0 Å². The Balaban J connectivity index is 4.84. The Morgan fingerprint density at radius 3 is 2.06 bits per heavy atom. The molecule has 0 aromatic rings. The maximum atomic E-state index is 12.0. The van der Waals surface area contributed by atoms with E-state index in [2.05, 4.69) is 6.58 Å². The zero-order valence-electron chi connectivity index (χ0n) is 10.7. The van der Waals surface area contributed by atoms with Gasteiger partial charge >= 0.3 is 12.0 Å². The van der Waals surface area contributed by atoms with Crippen LogP contribution in [0.25, 0.3) is 0 Å². The third kappa shape index (κ3) is 5.88. The largest absolute Gasteiger partial charge is 0.480 e. The first kappa shape index (κ1) is 16.0. The van der Waals surface area contributed by atoms with Gasteiger partial charge in [0.2, 0.25) is 5.91 Å². The highest BCUT2D eigenvalue weighted by Gasteiger charge is 2.23. The van der Waals surface area contributed by atoms with Crippen LogP contribution in [0.5, 0.6) is 0 Å². The van der Waals surface area contributed by atoms with Crippen LogP contribution in [0.3, 0.4) is 0 Å². The Bertz CT molecular complexity index is 338. The average Bonchev–Trinajstić information content (AvgIpc) is 2.22. The summed E-state index contributed by atoms with van der Waals surface area (Å²) in [7, 11) is 0. The van der Waals surface area contributed by atoms with Crippen LogP contribution >= 0.6 is 0 Å². The summed E-state index contributed by atoms with van der Waals surface area (Å²) in [5.74, 6) is -1.95. The molecule has 0 bridgehead atoms. The van der Waals surface area contributed by atoms with Crippen molar-refractivity contribution in [3.8, 4) is 0 Å². The van der Waals surface area contributed by atoms with Crippen molar-refractivity contribution in [2.45, 2.75) is 13.8 Å². The number of aliphatic carboxylic acids is 1. The first-order chi connectivity index (χ1) is 8.27.